The van der Waals surface area contributed by atoms with Crippen molar-refractivity contribution in [2.45, 2.75) is 24.8 Å². The first kappa shape index (κ1) is 22.6. The maximum Gasteiger partial charge on any atom is 0.243 e. The summed E-state index contributed by atoms with van der Waals surface area (Å²) < 4.78 is 50.2. The molecule has 0 bridgehead atoms. The molecule has 0 unspecified atom stereocenters. The van der Waals surface area contributed by atoms with Crippen molar-refractivity contribution < 1.29 is 17.6 Å². The number of rotatable bonds is 6. The van der Waals surface area contributed by atoms with Gasteiger partial charge < -0.3 is 9.80 Å². The number of fused-ring (bicyclic) bond motifs is 1. The molecule has 2 heterocycles. The van der Waals surface area contributed by atoms with E-state index in [0.29, 0.717) is 37.2 Å². The first-order valence-corrected chi connectivity index (χ1v) is 12.5. The Hall–Kier alpha value is -2.63. The van der Waals surface area contributed by atoms with Crippen LogP contribution < -0.4 is 9.62 Å². The first-order valence-electron chi connectivity index (χ1n) is 10.3. The van der Waals surface area contributed by atoms with E-state index in [2.05, 4.69) is 18.4 Å². The van der Waals surface area contributed by atoms with Crippen molar-refractivity contribution in [3.63, 3.8) is 0 Å². The molecule has 0 saturated carbocycles. The number of piperazine rings is 1. The van der Waals surface area contributed by atoms with E-state index in [0.717, 1.165) is 17.4 Å². The van der Waals surface area contributed by atoms with Gasteiger partial charge in [-0.1, -0.05) is 19.9 Å². The second-order valence-electron chi connectivity index (χ2n) is 8.02. The highest BCUT2D eigenvalue weighted by molar-refractivity contribution is 7.89. The highest BCUT2D eigenvalue weighted by Crippen LogP contribution is 2.23. The van der Waals surface area contributed by atoms with Crippen molar-refractivity contribution in [2.75, 3.05) is 31.1 Å². The molecule has 0 aliphatic carbocycles. The molecular formula is C21H24FN5O3S2. The van der Waals surface area contributed by atoms with Gasteiger partial charge in [0.2, 0.25) is 15.9 Å². The van der Waals surface area contributed by atoms with Crippen molar-refractivity contribution in [2.24, 2.45) is 5.92 Å². The van der Waals surface area contributed by atoms with Crippen LogP contribution in [0.3, 0.4) is 0 Å². The quantitative estimate of drug-likeness (QED) is 0.586. The maximum atomic E-state index is 13.3. The Morgan fingerprint density at radius 1 is 1.06 bits per heavy atom. The van der Waals surface area contributed by atoms with Crippen molar-refractivity contribution in [3.8, 4) is 0 Å². The molecule has 1 amide bonds. The van der Waals surface area contributed by atoms with Gasteiger partial charge in [-0.15, -0.1) is 0 Å². The summed E-state index contributed by atoms with van der Waals surface area (Å²) in [4.78, 5) is 17.0. The molecular weight excluding hydrogens is 453 g/mol. The van der Waals surface area contributed by atoms with Crippen LogP contribution in [0.15, 0.2) is 47.4 Å². The molecule has 3 aromatic rings. The monoisotopic (exact) mass is 477 g/mol. The molecule has 170 valence electrons. The summed E-state index contributed by atoms with van der Waals surface area (Å²) >= 11 is 0.944. The molecule has 11 heteroatoms. The topological polar surface area (TPSA) is 95.5 Å². The van der Waals surface area contributed by atoms with Crippen molar-refractivity contribution in [1.29, 1.82) is 0 Å². The van der Waals surface area contributed by atoms with E-state index >= 15 is 0 Å². The van der Waals surface area contributed by atoms with Gasteiger partial charge in [-0.25, -0.2) is 12.8 Å². The second-order valence-corrected chi connectivity index (χ2v) is 10.2. The zero-order valence-corrected chi connectivity index (χ0v) is 19.4. The maximum absolute atomic E-state index is 13.3. The van der Waals surface area contributed by atoms with Crippen molar-refractivity contribution in [1.82, 2.24) is 18.4 Å². The Bertz CT molecular complexity index is 1210. The van der Waals surface area contributed by atoms with E-state index in [-0.39, 0.29) is 22.5 Å². The highest BCUT2D eigenvalue weighted by atomic mass is 32.2. The number of amides is 1. The molecule has 8 nitrogen and oxygen atoms in total. The minimum Gasteiger partial charge on any atom is -0.368 e. The zero-order valence-electron chi connectivity index (χ0n) is 17.7. The molecule has 1 saturated heterocycles. The number of halogens is 1. The fourth-order valence-corrected chi connectivity index (χ4v) is 5.84. The lowest BCUT2D eigenvalue weighted by Gasteiger charge is -2.38. The summed E-state index contributed by atoms with van der Waals surface area (Å²) in [6, 6.07) is 10.1. The van der Waals surface area contributed by atoms with Gasteiger partial charge in [0.25, 0.3) is 0 Å². The van der Waals surface area contributed by atoms with E-state index in [9.17, 15) is 17.6 Å². The van der Waals surface area contributed by atoms with Gasteiger partial charge in [-0.2, -0.15) is 13.5 Å². The molecule has 2 aromatic carbocycles. The number of carbonyl (C=O) groups excluding carboxylic acids is 1. The third kappa shape index (κ3) is 4.59. The lowest BCUT2D eigenvalue weighted by molar-refractivity contribution is -0.134. The molecule has 4 rings (SSSR count). The molecule has 0 spiro atoms. The Balaban J connectivity index is 1.47. The first-order chi connectivity index (χ1) is 15.3. The summed E-state index contributed by atoms with van der Waals surface area (Å²) in [7, 11) is -3.98. The van der Waals surface area contributed by atoms with Crippen molar-refractivity contribution in [3.05, 3.63) is 48.3 Å². The van der Waals surface area contributed by atoms with Crippen LogP contribution in [-0.4, -0.2) is 60.2 Å². The van der Waals surface area contributed by atoms with Gasteiger partial charge in [0, 0.05) is 31.9 Å². The molecule has 1 aromatic heterocycles. The lowest BCUT2D eigenvalue weighted by atomic mass is 10.0. The van der Waals surface area contributed by atoms with Gasteiger partial charge in [-0.05, 0) is 42.3 Å². The zero-order chi connectivity index (χ0) is 22.9. The van der Waals surface area contributed by atoms with Crippen molar-refractivity contribution >= 4 is 44.4 Å². The van der Waals surface area contributed by atoms with Gasteiger partial charge in [0.15, 0.2) is 0 Å². The molecule has 0 radical (unpaired) electrons. The van der Waals surface area contributed by atoms with Crippen LogP contribution in [0.4, 0.5) is 10.1 Å². The number of hydrogen-bond acceptors (Lipinski definition) is 7. The Morgan fingerprint density at radius 3 is 2.41 bits per heavy atom. The average Bonchev–Trinajstić information content (AvgIpc) is 3.26. The largest absolute Gasteiger partial charge is 0.368 e. The Morgan fingerprint density at radius 2 is 1.75 bits per heavy atom. The highest BCUT2D eigenvalue weighted by Gasteiger charge is 2.34. The molecule has 1 N–H and O–H groups in total. The van der Waals surface area contributed by atoms with E-state index < -0.39 is 16.1 Å². The van der Waals surface area contributed by atoms with Crippen LogP contribution in [0.5, 0.6) is 0 Å². The van der Waals surface area contributed by atoms with Crippen LogP contribution in [-0.2, 0) is 14.8 Å². The number of aromatic nitrogens is 2. The van der Waals surface area contributed by atoms with Gasteiger partial charge in [0.1, 0.15) is 27.8 Å². The van der Waals surface area contributed by atoms with Crippen LogP contribution in [0.25, 0.3) is 11.0 Å². The summed E-state index contributed by atoms with van der Waals surface area (Å²) in [6.07, 6.45) is 0. The van der Waals surface area contributed by atoms with Gasteiger partial charge in [0.05, 0.1) is 11.7 Å². The number of nitrogens with one attached hydrogen (secondary N) is 1. The number of sulfonamides is 1. The van der Waals surface area contributed by atoms with Crippen LogP contribution in [0.2, 0.25) is 0 Å². The van der Waals surface area contributed by atoms with Gasteiger partial charge in [-0.3, -0.25) is 4.79 Å². The number of anilines is 1. The molecule has 1 fully saturated rings. The molecule has 1 atom stereocenters. The van der Waals surface area contributed by atoms with Crippen LogP contribution >= 0.6 is 11.7 Å². The molecule has 1 aliphatic rings. The number of hydrogen-bond donors (Lipinski definition) is 1. The predicted molar refractivity (Wildman–Crippen MR) is 122 cm³/mol. The normalized spacial score (nSPS) is 16.0. The summed E-state index contributed by atoms with van der Waals surface area (Å²) in [5.74, 6) is -0.801. The summed E-state index contributed by atoms with van der Waals surface area (Å²) in [5, 5.41) is 0. The van der Waals surface area contributed by atoms with E-state index in [4.69, 9.17) is 0 Å². The predicted octanol–water partition coefficient (Wildman–Crippen LogP) is 2.48. The smallest absolute Gasteiger partial charge is 0.243 e. The number of benzene rings is 2. The van der Waals surface area contributed by atoms with E-state index in [1.807, 2.05) is 13.8 Å². The molecule has 32 heavy (non-hydrogen) atoms. The fourth-order valence-electron chi connectivity index (χ4n) is 3.73. The number of carbonyl (C=O) groups is 1. The summed E-state index contributed by atoms with van der Waals surface area (Å²) in [6.45, 7) is 5.69. The van der Waals surface area contributed by atoms with Crippen LogP contribution in [0, 0.1) is 11.7 Å². The van der Waals surface area contributed by atoms with E-state index in [1.54, 1.807) is 29.2 Å². The summed E-state index contributed by atoms with van der Waals surface area (Å²) in [5.41, 5.74) is 1.69. The minimum absolute atomic E-state index is 0.0170. The molecule has 1 aliphatic heterocycles. The minimum atomic E-state index is -3.98. The average molecular weight is 478 g/mol. The third-order valence-corrected chi connectivity index (χ3v) is 7.55. The lowest BCUT2D eigenvalue weighted by Crippen LogP contribution is -2.56. The number of nitrogens with zero attached hydrogens (tertiary/aromatic N) is 4. The standard InChI is InChI=1S/C21H24FN5O3S2/c1-14(2)19(25-32(29,30)18-5-3-4-17-20(18)24-31-23-17)21(28)27-12-10-26(11-13-27)16-8-6-15(22)7-9-16/h3-9,14,19,25H,10-13H2,1-2H3/t19-/m0/s1. The second kappa shape index (κ2) is 9.08. The Kier molecular flexibility index (Phi) is 6.40. The third-order valence-electron chi connectivity index (χ3n) is 5.54. The SMILES string of the molecule is CC(C)[C@H](NS(=O)(=O)c1cccc2nsnc12)C(=O)N1CCN(c2ccc(F)cc2)CC1. The van der Waals surface area contributed by atoms with Gasteiger partial charge >= 0.3 is 0 Å². The van der Waals surface area contributed by atoms with E-state index in [1.165, 1.54) is 18.2 Å². The van der Waals surface area contributed by atoms with Crippen LogP contribution in [0.1, 0.15) is 13.8 Å². The fraction of sp³-hybridized carbons (Fsp3) is 0.381. The Labute approximate surface area is 190 Å².